The zero-order valence-electron chi connectivity index (χ0n) is 21.3. The van der Waals surface area contributed by atoms with Crippen LogP contribution in [0.2, 0.25) is 0 Å². The highest BCUT2D eigenvalue weighted by Crippen LogP contribution is 2.41. The van der Waals surface area contributed by atoms with Crippen molar-refractivity contribution < 1.29 is 33.4 Å². The number of carbonyl (C=O) groups excluding carboxylic acids is 3. The normalized spacial score (nSPS) is 20.0. The van der Waals surface area contributed by atoms with E-state index in [0.29, 0.717) is 37.4 Å². The number of ketones is 1. The van der Waals surface area contributed by atoms with Crippen LogP contribution >= 0.6 is 0 Å². The number of amides is 1. The van der Waals surface area contributed by atoms with E-state index in [9.17, 15) is 19.5 Å². The molecule has 9 nitrogen and oxygen atoms in total. The summed E-state index contributed by atoms with van der Waals surface area (Å²) in [6, 6.07) is 4.81. The number of H-pyrrole nitrogens is 1. The molecular formula is C27H32FN3O6. The molecule has 1 aromatic carbocycles. The first-order chi connectivity index (χ1) is 17.8. The van der Waals surface area contributed by atoms with Gasteiger partial charge in [-0.25, -0.2) is 9.18 Å². The third-order valence-corrected chi connectivity index (χ3v) is 6.87. The number of aliphatic hydroxyl groups is 1. The van der Waals surface area contributed by atoms with Gasteiger partial charge in [-0.15, -0.1) is 0 Å². The van der Waals surface area contributed by atoms with E-state index < -0.39 is 35.3 Å². The number of aliphatic hydroxyl groups excluding tert-OH is 1. The molecule has 2 aliphatic heterocycles. The molecule has 0 saturated carbocycles. The van der Waals surface area contributed by atoms with Gasteiger partial charge in [0.05, 0.1) is 31.4 Å². The second-order valence-corrected chi connectivity index (χ2v) is 9.17. The number of hydrogen-bond acceptors (Lipinski definition) is 7. The topological polar surface area (TPSA) is 112 Å². The number of benzene rings is 1. The molecule has 2 fully saturated rings. The van der Waals surface area contributed by atoms with Crippen molar-refractivity contribution in [3.63, 3.8) is 0 Å². The molecule has 2 N–H and O–H groups in total. The Morgan fingerprint density at radius 2 is 1.89 bits per heavy atom. The molecule has 0 radical (unpaired) electrons. The first-order valence-electron chi connectivity index (χ1n) is 12.5. The van der Waals surface area contributed by atoms with Crippen molar-refractivity contribution >= 4 is 23.4 Å². The second kappa shape index (κ2) is 11.3. The third-order valence-electron chi connectivity index (χ3n) is 6.87. The van der Waals surface area contributed by atoms with Crippen LogP contribution in [0.1, 0.15) is 52.3 Å². The van der Waals surface area contributed by atoms with E-state index in [4.69, 9.17) is 9.47 Å². The lowest BCUT2D eigenvalue weighted by Crippen LogP contribution is -2.39. The molecule has 3 heterocycles. The van der Waals surface area contributed by atoms with Gasteiger partial charge in [0.2, 0.25) is 0 Å². The number of ether oxygens (including phenoxy) is 2. The van der Waals surface area contributed by atoms with Crippen LogP contribution in [0.25, 0.3) is 5.76 Å². The number of aromatic nitrogens is 1. The lowest BCUT2D eigenvalue weighted by Gasteiger charge is -2.29. The van der Waals surface area contributed by atoms with Gasteiger partial charge in [0.25, 0.3) is 11.7 Å². The fourth-order valence-electron chi connectivity index (χ4n) is 5.07. The highest BCUT2D eigenvalue weighted by atomic mass is 19.1. The quantitative estimate of drug-likeness (QED) is 0.241. The van der Waals surface area contributed by atoms with Crippen molar-refractivity contribution in [2.75, 3.05) is 46.0 Å². The number of hydrogen-bond donors (Lipinski definition) is 2. The van der Waals surface area contributed by atoms with Crippen LogP contribution in [-0.4, -0.2) is 83.5 Å². The van der Waals surface area contributed by atoms with E-state index in [2.05, 4.69) is 9.88 Å². The number of nitrogens with one attached hydrogen (secondary N) is 1. The number of nitrogens with zero attached hydrogens (tertiary/aromatic N) is 2. The van der Waals surface area contributed by atoms with Crippen molar-refractivity contribution in [2.24, 2.45) is 0 Å². The maximum absolute atomic E-state index is 15.0. The fraction of sp³-hybridized carbons (Fsp3) is 0.444. The molecule has 1 atom stereocenters. The largest absolute Gasteiger partial charge is 0.507 e. The summed E-state index contributed by atoms with van der Waals surface area (Å²) in [6.45, 7) is 8.84. The number of aryl methyl sites for hydroxylation is 1. The third kappa shape index (κ3) is 5.17. The summed E-state index contributed by atoms with van der Waals surface area (Å²) in [4.78, 5) is 45.3. The van der Waals surface area contributed by atoms with Gasteiger partial charge in [-0.1, -0.05) is 18.2 Å². The van der Waals surface area contributed by atoms with E-state index in [1.807, 2.05) is 0 Å². The molecule has 0 bridgehead atoms. The average Bonchev–Trinajstić information content (AvgIpc) is 3.32. The molecule has 0 aliphatic carbocycles. The molecule has 2 saturated heterocycles. The van der Waals surface area contributed by atoms with Gasteiger partial charge >= 0.3 is 5.97 Å². The maximum Gasteiger partial charge on any atom is 0.355 e. The molecule has 1 amide bonds. The summed E-state index contributed by atoms with van der Waals surface area (Å²) in [5.74, 6) is -3.34. The first-order valence-corrected chi connectivity index (χ1v) is 12.5. The van der Waals surface area contributed by atoms with Crippen LogP contribution in [0.15, 0.2) is 29.8 Å². The number of rotatable bonds is 8. The predicted molar refractivity (Wildman–Crippen MR) is 134 cm³/mol. The molecule has 37 heavy (non-hydrogen) atoms. The van der Waals surface area contributed by atoms with Gasteiger partial charge in [0.15, 0.2) is 0 Å². The number of carbonyl (C=O) groups is 3. The standard InChI is InChI=1S/C27H32FN3O6/c1-4-37-27(35)22-16(2)20(17(3)29-22)24(32)21-23(18-8-5-6-9-19(18)28)31(26(34)25(21)33)11-7-10-30-12-14-36-15-13-30/h5-6,8-9,23,29,32H,4,7,10-15H2,1-3H3/t23-/m0/s1. The molecular weight excluding hydrogens is 481 g/mol. The number of morpholine rings is 1. The van der Waals surface area contributed by atoms with Gasteiger partial charge in [-0.3, -0.25) is 14.5 Å². The summed E-state index contributed by atoms with van der Waals surface area (Å²) >= 11 is 0. The Morgan fingerprint density at radius 3 is 2.57 bits per heavy atom. The zero-order valence-corrected chi connectivity index (χ0v) is 21.3. The van der Waals surface area contributed by atoms with Crippen molar-refractivity contribution in [1.29, 1.82) is 0 Å². The summed E-state index contributed by atoms with van der Waals surface area (Å²) in [5, 5.41) is 11.4. The van der Waals surface area contributed by atoms with Crippen molar-refractivity contribution in [2.45, 2.75) is 33.2 Å². The molecule has 0 spiro atoms. The molecule has 10 heteroatoms. The van der Waals surface area contributed by atoms with Gasteiger partial charge in [0, 0.05) is 43.0 Å². The van der Waals surface area contributed by atoms with Crippen molar-refractivity contribution in [3.8, 4) is 0 Å². The Bertz CT molecular complexity index is 1230. The van der Waals surface area contributed by atoms with E-state index in [0.717, 1.165) is 13.1 Å². The van der Waals surface area contributed by atoms with E-state index in [1.165, 1.54) is 23.1 Å². The lowest BCUT2D eigenvalue weighted by atomic mass is 9.93. The Kier molecular flexibility index (Phi) is 8.09. The number of halogens is 1. The van der Waals surface area contributed by atoms with Crippen LogP contribution in [-0.2, 0) is 19.1 Å². The molecule has 2 aliphatic rings. The molecule has 0 unspecified atom stereocenters. The van der Waals surface area contributed by atoms with Crippen LogP contribution < -0.4 is 0 Å². The van der Waals surface area contributed by atoms with Gasteiger partial charge < -0.3 is 24.5 Å². The van der Waals surface area contributed by atoms with Crippen LogP contribution in [0, 0.1) is 19.7 Å². The van der Waals surface area contributed by atoms with Crippen LogP contribution in [0.3, 0.4) is 0 Å². The lowest BCUT2D eigenvalue weighted by molar-refractivity contribution is -0.140. The number of likely N-dealkylation sites (tertiary alicyclic amines) is 1. The van der Waals surface area contributed by atoms with Gasteiger partial charge in [-0.2, -0.15) is 0 Å². The van der Waals surface area contributed by atoms with Crippen molar-refractivity contribution in [3.05, 3.63) is 63.7 Å². The summed E-state index contributed by atoms with van der Waals surface area (Å²) in [5.41, 5.74) is 1.06. The van der Waals surface area contributed by atoms with E-state index in [1.54, 1.807) is 26.8 Å². The van der Waals surface area contributed by atoms with E-state index >= 15 is 4.39 Å². The summed E-state index contributed by atoms with van der Waals surface area (Å²) in [7, 11) is 0. The Morgan fingerprint density at radius 1 is 1.19 bits per heavy atom. The Hall–Kier alpha value is -3.50. The monoisotopic (exact) mass is 513 g/mol. The average molecular weight is 514 g/mol. The molecule has 4 rings (SSSR count). The van der Waals surface area contributed by atoms with E-state index in [-0.39, 0.29) is 35.5 Å². The molecule has 1 aromatic heterocycles. The van der Waals surface area contributed by atoms with Crippen LogP contribution in [0.4, 0.5) is 4.39 Å². The van der Waals surface area contributed by atoms with Gasteiger partial charge in [-0.05, 0) is 38.8 Å². The second-order valence-electron chi connectivity index (χ2n) is 9.17. The Labute approximate surface area is 214 Å². The smallest absolute Gasteiger partial charge is 0.355 e. The molecule has 198 valence electrons. The minimum atomic E-state index is -1.11. The van der Waals surface area contributed by atoms with Gasteiger partial charge in [0.1, 0.15) is 17.3 Å². The summed E-state index contributed by atoms with van der Waals surface area (Å²) in [6.07, 6.45) is 0.563. The highest BCUT2D eigenvalue weighted by molar-refractivity contribution is 6.46. The zero-order chi connectivity index (χ0) is 26.7. The van der Waals surface area contributed by atoms with Crippen LogP contribution in [0.5, 0.6) is 0 Å². The summed E-state index contributed by atoms with van der Waals surface area (Å²) < 4.78 is 25.5. The molecule has 2 aromatic rings. The first kappa shape index (κ1) is 26.6. The SMILES string of the molecule is CCOC(=O)c1[nH]c(C)c(C(O)=C2C(=O)C(=O)N(CCCN3CCOCC3)[C@H]2c2ccccc2F)c1C. The maximum atomic E-state index is 15.0. The fourth-order valence-corrected chi connectivity index (χ4v) is 5.07. The number of Topliss-reactive ketones (excluding diaryl/α,β-unsaturated/α-hetero) is 1. The minimum Gasteiger partial charge on any atom is -0.507 e. The van der Waals surface area contributed by atoms with Crippen molar-refractivity contribution in [1.82, 2.24) is 14.8 Å². The predicted octanol–water partition coefficient (Wildman–Crippen LogP) is 3.09. The highest BCUT2D eigenvalue weighted by Gasteiger charge is 2.47. The number of aromatic amines is 1. The number of esters is 1. The minimum absolute atomic E-state index is 0.117. The Balaban J connectivity index is 1.75.